The first kappa shape index (κ1) is 13.3. The maximum atomic E-state index is 6.15. The lowest BCUT2D eigenvalue weighted by molar-refractivity contribution is 0.146. The van der Waals surface area contributed by atoms with Gasteiger partial charge in [0.05, 0.1) is 0 Å². The van der Waals surface area contributed by atoms with Crippen molar-refractivity contribution < 1.29 is 4.74 Å². The molecular formula is C15H24N2O. The minimum atomic E-state index is 0.364. The molecule has 1 aliphatic carbocycles. The van der Waals surface area contributed by atoms with Gasteiger partial charge < -0.3 is 10.1 Å². The summed E-state index contributed by atoms with van der Waals surface area (Å²) in [5.41, 5.74) is 3.51. The van der Waals surface area contributed by atoms with Gasteiger partial charge in [-0.15, -0.1) is 0 Å². The van der Waals surface area contributed by atoms with E-state index in [4.69, 9.17) is 4.74 Å². The van der Waals surface area contributed by atoms with Gasteiger partial charge in [-0.05, 0) is 58.2 Å². The van der Waals surface area contributed by atoms with Crippen molar-refractivity contribution in [2.24, 2.45) is 0 Å². The maximum absolute atomic E-state index is 6.15. The summed E-state index contributed by atoms with van der Waals surface area (Å²) in [6.07, 6.45) is 6.64. The summed E-state index contributed by atoms with van der Waals surface area (Å²) >= 11 is 0. The average molecular weight is 248 g/mol. The summed E-state index contributed by atoms with van der Waals surface area (Å²) < 4.78 is 6.15. The summed E-state index contributed by atoms with van der Waals surface area (Å²) in [6.45, 7) is 4.99. The van der Waals surface area contributed by atoms with Crippen LogP contribution in [0.3, 0.4) is 0 Å². The van der Waals surface area contributed by atoms with Crippen molar-refractivity contribution in [1.82, 2.24) is 10.3 Å². The first-order valence-electron chi connectivity index (χ1n) is 6.99. The quantitative estimate of drug-likeness (QED) is 0.889. The Bertz CT molecular complexity index is 398. The predicted molar refractivity (Wildman–Crippen MR) is 74.0 cm³/mol. The van der Waals surface area contributed by atoms with Gasteiger partial charge in [0.15, 0.2) is 0 Å². The fourth-order valence-corrected chi connectivity index (χ4v) is 2.66. The van der Waals surface area contributed by atoms with E-state index in [0.29, 0.717) is 6.10 Å². The summed E-state index contributed by atoms with van der Waals surface area (Å²) in [7, 11) is 1.96. The second kappa shape index (κ2) is 6.19. The summed E-state index contributed by atoms with van der Waals surface area (Å²) in [4.78, 5) is 4.58. The molecule has 1 aromatic rings. The molecule has 1 fully saturated rings. The lowest BCUT2D eigenvalue weighted by Gasteiger charge is -2.24. The van der Waals surface area contributed by atoms with E-state index in [1.54, 1.807) is 0 Å². The largest absolute Gasteiger partial charge is 0.474 e. The molecule has 0 atom stereocenters. The number of hydrogen-bond acceptors (Lipinski definition) is 3. The van der Waals surface area contributed by atoms with E-state index in [0.717, 1.165) is 18.1 Å². The van der Waals surface area contributed by atoms with Gasteiger partial charge in [-0.1, -0.05) is 6.42 Å². The number of ether oxygens (including phenoxy) is 1. The van der Waals surface area contributed by atoms with E-state index in [2.05, 4.69) is 23.3 Å². The van der Waals surface area contributed by atoms with Crippen molar-refractivity contribution >= 4 is 0 Å². The minimum Gasteiger partial charge on any atom is -0.474 e. The van der Waals surface area contributed by atoms with Crippen molar-refractivity contribution in [2.75, 3.05) is 7.05 Å². The minimum absolute atomic E-state index is 0.364. The molecule has 3 nitrogen and oxygen atoms in total. The lowest BCUT2D eigenvalue weighted by atomic mass is 9.98. The monoisotopic (exact) mass is 248 g/mol. The highest BCUT2D eigenvalue weighted by atomic mass is 16.5. The normalized spacial score (nSPS) is 16.8. The molecule has 18 heavy (non-hydrogen) atoms. The van der Waals surface area contributed by atoms with Gasteiger partial charge in [0.25, 0.3) is 0 Å². The van der Waals surface area contributed by atoms with Gasteiger partial charge in [-0.2, -0.15) is 0 Å². The van der Waals surface area contributed by atoms with Crippen LogP contribution in [0.2, 0.25) is 0 Å². The van der Waals surface area contributed by atoms with Crippen molar-refractivity contribution in [3.05, 3.63) is 22.9 Å². The van der Waals surface area contributed by atoms with E-state index < -0.39 is 0 Å². The van der Waals surface area contributed by atoms with Gasteiger partial charge in [-0.25, -0.2) is 4.98 Å². The van der Waals surface area contributed by atoms with Gasteiger partial charge in [0.2, 0.25) is 5.88 Å². The fraction of sp³-hybridized carbons (Fsp3) is 0.667. The van der Waals surface area contributed by atoms with Crippen molar-refractivity contribution in [3.8, 4) is 5.88 Å². The zero-order valence-corrected chi connectivity index (χ0v) is 11.8. The number of nitrogens with one attached hydrogen (secondary N) is 1. The molecule has 1 aromatic heterocycles. The van der Waals surface area contributed by atoms with Crippen LogP contribution < -0.4 is 10.1 Å². The number of rotatable bonds is 4. The van der Waals surface area contributed by atoms with Crippen LogP contribution in [0.25, 0.3) is 0 Å². The molecular weight excluding hydrogens is 224 g/mol. The van der Waals surface area contributed by atoms with E-state index >= 15 is 0 Å². The molecule has 0 spiro atoms. The fourth-order valence-electron chi connectivity index (χ4n) is 2.66. The lowest BCUT2D eigenvalue weighted by Crippen LogP contribution is -2.22. The number of aromatic nitrogens is 1. The Morgan fingerprint density at radius 3 is 2.67 bits per heavy atom. The predicted octanol–water partition coefficient (Wildman–Crippen LogP) is 3.13. The smallest absolute Gasteiger partial charge is 0.218 e. The van der Waals surface area contributed by atoms with E-state index in [1.165, 1.54) is 43.2 Å². The van der Waals surface area contributed by atoms with Gasteiger partial charge in [0, 0.05) is 17.8 Å². The third kappa shape index (κ3) is 3.22. The SMILES string of the molecule is CNCc1c(C)cc(C)nc1OC1CCCCC1. The average Bonchev–Trinajstić information content (AvgIpc) is 2.35. The highest BCUT2D eigenvalue weighted by Gasteiger charge is 2.18. The number of pyridine rings is 1. The first-order valence-corrected chi connectivity index (χ1v) is 6.99. The van der Waals surface area contributed by atoms with Crippen LogP contribution in [0.15, 0.2) is 6.07 Å². The Morgan fingerprint density at radius 2 is 2.00 bits per heavy atom. The Balaban J connectivity index is 2.18. The Labute approximate surface area is 110 Å². The highest BCUT2D eigenvalue weighted by Crippen LogP contribution is 2.26. The molecule has 1 N–H and O–H groups in total. The molecule has 0 bridgehead atoms. The molecule has 3 heteroatoms. The number of hydrogen-bond donors (Lipinski definition) is 1. The summed E-state index contributed by atoms with van der Waals surface area (Å²) in [5, 5.41) is 3.20. The molecule has 100 valence electrons. The zero-order chi connectivity index (χ0) is 13.0. The van der Waals surface area contributed by atoms with Crippen LogP contribution in [0.1, 0.15) is 48.9 Å². The molecule has 0 amide bonds. The topological polar surface area (TPSA) is 34.2 Å². The van der Waals surface area contributed by atoms with Crippen LogP contribution in [0.5, 0.6) is 5.88 Å². The molecule has 0 saturated heterocycles. The number of aryl methyl sites for hydroxylation is 2. The van der Waals surface area contributed by atoms with Gasteiger partial charge >= 0.3 is 0 Å². The van der Waals surface area contributed by atoms with Crippen LogP contribution in [-0.2, 0) is 6.54 Å². The summed E-state index contributed by atoms with van der Waals surface area (Å²) in [6, 6.07) is 2.13. The molecule has 0 aliphatic heterocycles. The second-order valence-electron chi connectivity index (χ2n) is 5.27. The van der Waals surface area contributed by atoms with E-state index in [9.17, 15) is 0 Å². The molecule has 1 saturated carbocycles. The van der Waals surface area contributed by atoms with Crippen molar-refractivity contribution in [3.63, 3.8) is 0 Å². The molecule has 1 heterocycles. The Hall–Kier alpha value is -1.09. The molecule has 0 aromatic carbocycles. The third-order valence-corrected chi connectivity index (χ3v) is 3.62. The Kier molecular flexibility index (Phi) is 4.59. The van der Waals surface area contributed by atoms with Crippen molar-refractivity contribution in [1.29, 1.82) is 0 Å². The molecule has 0 radical (unpaired) electrons. The highest BCUT2D eigenvalue weighted by molar-refractivity contribution is 5.36. The van der Waals surface area contributed by atoms with Gasteiger partial charge in [0.1, 0.15) is 6.10 Å². The van der Waals surface area contributed by atoms with E-state index in [1.807, 2.05) is 14.0 Å². The number of nitrogens with zero attached hydrogens (tertiary/aromatic N) is 1. The van der Waals surface area contributed by atoms with Gasteiger partial charge in [-0.3, -0.25) is 0 Å². The maximum Gasteiger partial charge on any atom is 0.218 e. The Morgan fingerprint density at radius 1 is 1.28 bits per heavy atom. The molecule has 0 unspecified atom stereocenters. The van der Waals surface area contributed by atoms with Crippen LogP contribution in [0, 0.1) is 13.8 Å². The third-order valence-electron chi connectivity index (χ3n) is 3.62. The first-order chi connectivity index (χ1) is 8.70. The zero-order valence-electron chi connectivity index (χ0n) is 11.8. The van der Waals surface area contributed by atoms with Crippen LogP contribution in [-0.4, -0.2) is 18.1 Å². The standard InChI is InChI=1S/C15H24N2O/c1-11-9-12(2)17-15(14(11)10-16-3)18-13-7-5-4-6-8-13/h9,13,16H,4-8,10H2,1-3H3. The van der Waals surface area contributed by atoms with E-state index in [-0.39, 0.29) is 0 Å². The molecule has 1 aliphatic rings. The van der Waals surface area contributed by atoms with Crippen LogP contribution >= 0.6 is 0 Å². The summed E-state index contributed by atoms with van der Waals surface area (Å²) in [5.74, 6) is 0.841. The van der Waals surface area contributed by atoms with Crippen LogP contribution in [0.4, 0.5) is 0 Å². The second-order valence-corrected chi connectivity index (χ2v) is 5.27. The van der Waals surface area contributed by atoms with Crippen molar-refractivity contribution in [2.45, 2.75) is 58.6 Å². The molecule has 2 rings (SSSR count).